The Bertz CT molecular complexity index is 1040. The van der Waals surface area contributed by atoms with Gasteiger partial charge in [-0.1, -0.05) is 36.4 Å². The van der Waals surface area contributed by atoms with Crippen LogP contribution in [0.4, 0.5) is 5.69 Å². The zero-order valence-corrected chi connectivity index (χ0v) is 19.4. The number of ether oxygens (including phenoxy) is 1. The Kier molecular flexibility index (Phi) is 7.78. The highest BCUT2D eigenvalue weighted by atomic mass is 16.5. The number of anilines is 1. The van der Waals surface area contributed by atoms with Crippen LogP contribution >= 0.6 is 0 Å². The van der Waals surface area contributed by atoms with E-state index in [1.54, 1.807) is 4.90 Å². The van der Waals surface area contributed by atoms with Crippen LogP contribution in [0.15, 0.2) is 76.1 Å². The molecule has 0 radical (unpaired) electrons. The van der Waals surface area contributed by atoms with Crippen molar-refractivity contribution >= 4 is 22.9 Å². The molecule has 0 amide bonds. The Labute approximate surface area is 190 Å². The van der Waals surface area contributed by atoms with Crippen LogP contribution in [0.2, 0.25) is 0 Å². The molecule has 32 heavy (non-hydrogen) atoms. The van der Waals surface area contributed by atoms with Crippen molar-refractivity contribution in [3.8, 4) is 5.75 Å². The quantitative estimate of drug-likeness (QED) is 0.574. The van der Waals surface area contributed by atoms with E-state index in [1.165, 1.54) is 0 Å². The van der Waals surface area contributed by atoms with E-state index < -0.39 is 0 Å². The summed E-state index contributed by atoms with van der Waals surface area (Å²) < 4.78 is 6.37. The van der Waals surface area contributed by atoms with Crippen LogP contribution in [-0.4, -0.2) is 49.8 Å². The number of rotatable bonds is 8. The molecule has 0 saturated carbocycles. The highest BCUT2D eigenvalue weighted by Crippen LogP contribution is 2.27. The van der Waals surface area contributed by atoms with Crippen molar-refractivity contribution in [3.63, 3.8) is 0 Å². The zero-order valence-electron chi connectivity index (χ0n) is 19.4. The van der Waals surface area contributed by atoms with Crippen molar-refractivity contribution in [2.45, 2.75) is 26.4 Å². The highest BCUT2D eigenvalue weighted by Gasteiger charge is 2.23. The topological polar surface area (TPSA) is 85.1 Å². The lowest BCUT2D eigenvalue weighted by molar-refractivity contribution is 0.195. The van der Waals surface area contributed by atoms with E-state index in [1.807, 2.05) is 77.5 Å². The summed E-state index contributed by atoms with van der Waals surface area (Å²) in [7, 11) is 5.67. The molecule has 0 aliphatic carbocycles. The number of amidine groups is 1. The van der Waals surface area contributed by atoms with Crippen molar-refractivity contribution in [3.05, 3.63) is 71.4 Å². The minimum absolute atomic E-state index is 0.0434. The predicted molar refractivity (Wildman–Crippen MR) is 133 cm³/mol. The van der Waals surface area contributed by atoms with Gasteiger partial charge in [-0.3, -0.25) is 5.41 Å². The first kappa shape index (κ1) is 23.2. The molecule has 0 spiro atoms. The fraction of sp³-hybridized carbons (Fsp3) is 0.320. The van der Waals surface area contributed by atoms with Crippen LogP contribution in [0.5, 0.6) is 5.75 Å². The SMILES string of the molecule is CNCCC(Oc1cccc(N/C(C)=C2\C(=N)C(N(C)C)=NN=C2C)c1)c1ccccc1. The third kappa shape index (κ3) is 5.62. The number of nitrogens with one attached hydrogen (secondary N) is 3. The zero-order chi connectivity index (χ0) is 23.1. The van der Waals surface area contributed by atoms with E-state index >= 15 is 0 Å². The maximum atomic E-state index is 8.57. The molecule has 1 heterocycles. The van der Waals surface area contributed by atoms with Crippen LogP contribution in [0.3, 0.4) is 0 Å². The van der Waals surface area contributed by atoms with Gasteiger partial charge in [0.2, 0.25) is 0 Å². The Morgan fingerprint density at radius 3 is 2.53 bits per heavy atom. The molecule has 0 bridgehead atoms. The second kappa shape index (κ2) is 10.7. The molecule has 168 valence electrons. The molecule has 7 nitrogen and oxygen atoms in total. The van der Waals surface area contributed by atoms with Crippen LogP contribution in [0.1, 0.15) is 31.9 Å². The maximum Gasteiger partial charge on any atom is 0.176 e. The Balaban J connectivity index is 1.81. The Morgan fingerprint density at radius 2 is 1.84 bits per heavy atom. The molecule has 1 aliphatic heterocycles. The van der Waals surface area contributed by atoms with Gasteiger partial charge in [-0.05, 0) is 45.1 Å². The number of benzene rings is 2. The van der Waals surface area contributed by atoms with Crippen LogP contribution in [-0.2, 0) is 0 Å². The average Bonchev–Trinajstić information content (AvgIpc) is 2.77. The van der Waals surface area contributed by atoms with Gasteiger partial charge in [-0.25, -0.2) is 0 Å². The van der Waals surface area contributed by atoms with Crippen LogP contribution in [0.25, 0.3) is 0 Å². The first-order chi connectivity index (χ1) is 15.4. The second-order valence-corrected chi connectivity index (χ2v) is 7.94. The largest absolute Gasteiger partial charge is 0.486 e. The maximum absolute atomic E-state index is 8.57. The van der Waals surface area contributed by atoms with E-state index in [0.29, 0.717) is 17.3 Å². The molecule has 1 unspecified atom stereocenters. The van der Waals surface area contributed by atoms with Crippen molar-refractivity contribution in [2.75, 3.05) is 33.0 Å². The summed E-state index contributed by atoms with van der Waals surface area (Å²) in [4.78, 5) is 1.80. The summed E-state index contributed by atoms with van der Waals surface area (Å²) in [6, 6.07) is 18.2. The first-order valence-corrected chi connectivity index (χ1v) is 10.7. The fourth-order valence-corrected chi connectivity index (χ4v) is 3.61. The van der Waals surface area contributed by atoms with Gasteiger partial charge in [0.05, 0.1) is 5.71 Å². The molecule has 0 saturated heterocycles. The fourth-order valence-electron chi connectivity index (χ4n) is 3.61. The minimum Gasteiger partial charge on any atom is -0.486 e. The van der Waals surface area contributed by atoms with Crippen molar-refractivity contribution in [1.82, 2.24) is 10.2 Å². The third-order valence-electron chi connectivity index (χ3n) is 5.20. The van der Waals surface area contributed by atoms with E-state index in [2.05, 4.69) is 33.0 Å². The summed E-state index contributed by atoms with van der Waals surface area (Å²) in [6.45, 7) is 4.69. The summed E-state index contributed by atoms with van der Waals surface area (Å²) >= 11 is 0. The lowest BCUT2D eigenvalue weighted by Crippen LogP contribution is -2.35. The molecular weight excluding hydrogens is 400 g/mol. The second-order valence-electron chi connectivity index (χ2n) is 7.94. The normalized spacial score (nSPS) is 16.1. The third-order valence-corrected chi connectivity index (χ3v) is 5.20. The van der Waals surface area contributed by atoms with Gasteiger partial charge in [0.15, 0.2) is 5.84 Å². The van der Waals surface area contributed by atoms with Gasteiger partial charge in [-0.15, -0.1) is 5.10 Å². The lowest BCUT2D eigenvalue weighted by atomic mass is 10.0. The van der Waals surface area contributed by atoms with Gasteiger partial charge in [0, 0.05) is 43.5 Å². The molecule has 0 fully saturated rings. The summed E-state index contributed by atoms with van der Waals surface area (Å²) in [6.07, 6.45) is 0.818. The average molecular weight is 433 g/mol. The Morgan fingerprint density at radius 1 is 1.09 bits per heavy atom. The number of hydrogen-bond donors (Lipinski definition) is 3. The molecule has 7 heteroatoms. The number of nitrogens with zero attached hydrogens (tertiary/aromatic N) is 3. The summed E-state index contributed by atoms with van der Waals surface area (Å²) in [5.41, 5.74) is 4.72. The van der Waals surface area contributed by atoms with E-state index in [9.17, 15) is 0 Å². The van der Waals surface area contributed by atoms with Gasteiger partial charge in [0.1, 0.15) is 17.6 Å². The smallest absolute Gasteiger partial charge is 0.176 e. The molecule has 2 aromatic carbocycles. The van der Waals surface area contributed by atoms with E-state index in [0.717, 1.165) is 41.2 Å². The summed E-state index contributed by atoms with van der Waals surface area (Å²) in [5, 5.41) is 23.6. The van der Waals surface area contributed by atoms with Crippen LogP contribution < -0.4 is 15.4 Å². The van der Waals surface area contributed by atoms with Crippen LogP contribution in [0, 0.1) is 5.41 Å². The number of allylic oxidation sites excluding steroid dienone is 1. The van der Waals surface area contributed by atoms with Gasteiger partial charge in [0.25, 0.3) is 0 Å². The van der Waals surface area contributed by atoms with Crippen molar-refractivity contribution in [2.24, 2.45) is 10.2 Å². The van der Waals surface area contributed by atoms with Crippen molar-refractivity contribution < 1.29 is 4.74 Å². The first-order valence-electron chi connectivity index (χ1n) is 10.7. The standard InChI is InChI=1S/C25H32N6O/c1-17(23-18(2)29-30-25(24(23)26)31(4)5)28-20-12-9-13-21(16-20)32-22(14-15-27-3)19-10-7-6-8-11-19/h6-13,16,22,26-28H,14-15H2,1-5H3/b23-17-,26-24?. The van der Waals surface area contributed by atoms with Gasteiger partial charge >= 0.3 is 0 Å². The van der Waals surface area contributed by atoms with Gasteiger partial charge < -0.3 is 20.3 Å². The van der Waals surface area contributed by atoms with Crippen molar-refractivity contribution in [1.29, 1.82) is 5.41 Å². The molecule has 0 aromatic heterocycles. The molecular formula is C25H32N6O. The lowest BCUT2D eigenvalue weighted by Gasteiger charge is -2.23. The summed E-state index contributed by atoms with van der Waals surface area (Å²) in [5.74, 6) is 1.33. The van der Waals surface area contributed by atoms with E-state index in [-0.39, 0.29) is 6.10 Å². The molecule has 2 aromatic rings. The molecule has 1 atom stereocenters. The number of hydrogen-bond acceptors (Lipinski definition) is 7. The molecule has 3 N–H and O–H groups in total. The monoisotopic (exact) mass is 432 g/mol. The van der Waals surface area contributed by atoms with Gasteiger partial charge in [-0.2, -0.15) is 5.10 Å². The molecule has 3 rings (SSSR count). The predicted octanol–water partition coefficient (Wildman–Crippen LogP) is 4.47. The Hall–Kier alpha value is -3.45. The highest BCUT2D eigenvalue weighted by molar-refractivity contribution is 6.53. The molecule has 1 aliphatic rings. The van der Waals surface area contributed by atoms with E-state index in [4.69, 9.17) is 10.1 Å². The minimum atomic E-state index is -0.0434.